The van der Waals surface area contributed by atoms with Gasteiger partial charge in [0.2, 0.25) is 0 Å². The summed E-state index contributed by atoms with van der Waals surface area (Å²) in [5.41, 5.74) is 9.85. The Hall–Kier alpha value is -1.62. The van der Waals surface area contributed by atoms with Gasteiger partial charge < -0.3 is 10.6 Å². The van der Waals surface area contributed by atoms with Crippen molar-refractivity contribution in [3.05, 3.63) is 22.2 Å². The monoisotopic (exact) mass is 357 g/mol. The molecule has 1 unspecified atom stereocenters. The van der Waals surface area contributed by atoms with Gasteiger partial charge in [-0.2, -0.15) is 0 Å². The third kappa shape index (κ3) is 2.92. The van der Waals surface area contributed by atoms with Gasteiger partial charge in [-0.1, -0.05) is 20.8 Å². The fourth-order valence-corrected chi connectivity index (χ4v) is 5.22. The molecule has 5 heteroatoms. The fraction of sp³-hybridized carbons (Fsp3) is 0.600. The minimum Gasteiger partial charge on any atom is -0.397 e. The summed E-state index contributed by atoms with van der Waals surface area (Å²) in [7, 11) is 0. The smallest absolute Gasteiger partial charge is 0.266 e. The maximum atomic E-state index is 12.8. The van der Waals surface area contributed by atoms with E-state index in [4.69, 9.17) is 10.7 Å². The van der Waals surface area contributed by atoms with Crippen LogP contribution in [0.4, 0.5) is 5.69 Å². The van der Waals surface area contributed by atoms with E-state index < -0.39 is 0 Å². The van der Waals surface area contributed by atoms with Crippen LogP contribution in [0.5, 0.6) is 0 Å². The molecule has 1 fully saturated rings. The van der Waals surface area contributed by atoms with Crippen LogP contribution in [-0.4, -0.2) is 28.9 Å². The predicted octanol–water partition coefficient (Wildman–Crippen LogP) is 4.27. The predicted molar refractivity (Wildman–Crippen MR) is 104 cm³/mol. The maximum absolute atomic E-state index is 12.8. The van der Waals surface area contributed by atoms with Gasteiger partial charge >= 0.3 is 0 Å². The highest BCUT2D eigenvalue weighted by molar-refractivity contribution is 7.21. The Labute approximate surface area is 153 Å². The number of amides is 1. The lowest BCUT2D eigenvalue weighted by molar-refractivity contribution is 0.0798. The lowest BCUT2D eigenvalue weighted by atomic mass is 9.71. The van der Waals surface area contributed by atoms with Crippen molar-refractivity contribution in [2.45, 2.75) is 52.9 Å². The Morgan fingerprint density at radius 3 is 2.72 bits per heavy atom. The van der Waals surface area contributed by atoms with E-state index >= 15 is 0 Å². The van der Waals surface area contributed by atoms with E-state index in [0.29, 0.717) is 21.9 Å². The van der Waals surface area contributed by atoms with Gasteiger partial charge in [-0.05, 0) is 55.1 Å². The van der Waals surface area contributed by atoms with Gasteiger partial charge in [-0.3, -0.25) is 4.79 Å². The standard InChI is InChI=1S/C20H27N3OS/c1-20(2,3)13-6-7-15-12(10-13)11-14-16(21)17(25-18(14)22-15)19(24)23-8-4-5-9-23/h11,13H,4-10,21H2,1-3H3. The molecule has 2 aromatic heterocycles. The Balaban J connectivity index is 1.72. The molecule has 1 aliphatic heterocycles. The first-order valence-electron chi connectivity index (χ1n) is 9.34. The molecule has 1 atom stereocenters. The van der Waals surface area contributed by atoms with Crippen LogP contribution in [0.2, 0.25) is 0 Å². The van der Waals surface area contributed by atoms with E-state index in [1.165, 1.54) is 29.0 Å². The Morgan fingerprint density at radius 2 is 2.04 bits per heavy atom. The number of aryl methyl sites for hydroxylation is 1. The molecule has 0 saturated carbocycles. The molecule has 3 heterocycles. The third-order valence-electron chi connectivity index (χ3n) is 5.90. The molecule has 134 valence electrons. The minimum absolute atomic E-state index is 0.0866. The number of rotatable bonds is 1. The molecule has 4 rings (SSSR count). The topological polar surface area (TPSA) is 59.2 Å². The largest absolute Gasteiger partial charge is 0.397 e. The molecule has 2 aliphatic rings. The zero-order chi connectivity index (χ0) is 17.8. The number of anilines is 1. The highest BCUT2D eigenvalue weighted by Crippen LogP contribution is 2.40. The molecule has 1 aliphatic carbocycles. The van der Waals surface area contributed by atoms with Gasteiger partial charge in [0.05, 0.1) is 5.69 Å². The minimum atomic E-state index is 0.0866. The van der Waals surface area contributed by atoms with Crippen LogP contribution in [0.25, 0.3) is 10.2 Å². The summed E-state index contributed by atoms with van der Waals surface area (Å²) in [5.74, 6) is 0.758. The zero-order valence-corrected chi connectivity index (χ0v) is 16.2. The highest BCUT2D eigenvalue weighted by Gasteiger charge is 2.31. The molecule has 0 bridgehead atoms. The number of nitrogens with zero attached hydrogens (tertiary/aromatic N) is 2. The number of pyridine rings is 1. The van der Waals surface area contributed by atoms with E-state index in [1.807, 2.05) is 4.90 Å². The van der Waals surface area contributed by atoms with Crippen LogP contribution in [0.1, 0.15) is 61.0 Å². The SMILES string of the molecule is CC(C)(C)C1CCc2nc3sc(C(=O)N4CCCC4)c(N)c3cc2C1. The Kier molecular flexibility index (Phi) is 4.02. The first-order chi connectivity index (χ1) is 11.8. The maximum Gasteiger partial charge on any atom is 0.266 e. The number of fused-ring (bicyclic) bond motifs is 2. The van der Waals surface area contributed by atoms with Crippen LogP contribution in [0.3, 0.4) is 0 Å². The number of carbonyl (C=O) groups is 1. The van der Waals surface area contributed by atoms with Crippen LogP contribution in [0, 0.1) is 11.3 Å². The molecule has 25 heavy (non-hydrogen) atoms. The molecular weight excluding hydrogens is 330 g/mol. The Bertz CT molecular complexity index is 828. The van der Waals surface area contributed by atoms with Gasteiger partial charge in [0.25, 0.3) is 5.91 Å². The second kappa shape index (κ2) is 5.97. The normalized spacial score (nSPS) is 20.9. The average Bonchev–Trinajstić information content (AvgIpc) is 3.20. The van der Waals surface area contributed by atoms with Crippen LogP contribution in [0.15, 0.2) is 6.07 Å². The third-order valence-corrected chi connectivity index (χ3v) is 7.00. The van der Waals surface area contributed by atoms with Crippen molar-refractivity contribution >= 4 is 33.1 Å². The number of hydrogen-bond donors (Lipinski definition) is 1. The van der Waals surface area contributed by atoms with Crippen LogP contribution < -0.4 is 5.73 Å². The number of nitrogen functional groups attached to an aromatic ring is 1. The lowest BCUT2D eigenvalue weighted by Gasteiger charge is -2.34. The molecule has 4 nitrogen and oxygen atoms in total. The molecule has 0 radical (unpaired) electrons. The second-order valence-electron chi connectivity index (χ2n) is 8.60. The van der Waals surface area contributed by atoms with Crippen molar-refractivity contribution in [3.63, 3.8) is 0 Å². The van der Waals surface area contributed by atoms with Gasteiger partial charge in [0.15, 0.2) is 0 Å². The number of aromatic nitrogens is 1. The molecule has 2 N–H and O–H groups in total. The number of nitrogens with two attached hydrogens (primary N) is 1. The molecular formula is C20H27N3OS. The molecule has 2 aromatic rings. The van der Waals surface area contributed by atoms with E-state index in [2.05, 4.69) is 26.8 Å². The highest BCUT2D eigenvalue weighted by atomic mass is 32.1. The van der Waals surface area contributed by atoms with Crippen molar-refractivity contribution in [2.75, 3.05) is 18.8 Å². The molecule has 1 amide bonds. The summed E-state index contributed by atoms with van der Waals surface area (Å²) in [5, 5.41) is 0.973. The van der Waals surface area contributed by atoms with Gasteiger partial charge in [-0.15, -0.1) is 11.3 Å². The second-order valence-corrected chi connectivity index (χ2v) is 9.60. The number of likely N-dealkylation sites (tertiary alicyclic amines) is 1. The quantitative estimate of drug-likeness (QED) is 0.829. The van der Waals surface area contributed by atoms with E-state index in [0.717, 1.165) is 49.0 Å². The van der Waals surface area contributed by atoms with Gasteiger partial charge in [0.1, 0.15) is 9.71 Å². The number of thiophene rings is 1. The summed E-state index contributed by atoms with van der Waals surface area (Å²) in [6.07, 6.45) is 5.47. The fourth-order valence-electron chi connectivity index (χ4n) is 4.15. The summed E-state index contributed by atoms with van der Waals surface area (Å²) < 4.78 is 0. The molecule has 0 aromatic carbocycles. The number of hydrogen-bond acceptors (Lipinski definition) is 4. The van der Waals surface area contributed by atoms with Gasteiger partial charge in [-0.25, -0.2) is 4.98 Å². The van der Waals surface area contributed by atoms with Crippen LogP contribution in [-0.2, 0) is 12.8 Å². The first kappa shape index (κ1) is 16.8. The summed E-state index contributed by atoms with van der Waals surface area (Å²) >= 11 is 1.47. The summed E-state index contributed by atoms with van der Waals surface area (Å²) in [4.78, 5) is 21.2. The summed E-state index contributed by atoms with van der Waals surface area (Å²) in [6, 6.07) is 2.21. The lowest BCUT2D eigenvalue weighted by Crippen LogP contribution is -2.27. The van der Waals surface area contributed by atoms with Crippen molar-refractivity contribution in [2.24, 2.45) is 11.3 Å². The Morgan fingerprint density at radius 1 is 1.32 bits per heavy atom. The number of carbonyl (C=O) groups excluding carboxylic acids is 1. The van der Waals surface area contributed by atoms with E-state index in [-0.39, 0.29) is 5.91 Å². The van der Waals surface area contributed by atoms with Crippen molar-refractivity contribution in [1.82, 2.24) is 9.88 Å². The zero-order valence-electron chi connectivity index (χ0n) is 15.4. The van der Waals surface area contributed by atoms with E-state index in [1.54, 1.807) is 0 Å². The average molecular weight is 358 g/mol. The first-order valence-corrected chi connectivity index (χ1v) is 10.2. The molecule has 1 saturated heterocycles. The van der Waals surface area contributed by atoms with Crippen LogP contribution >= 0.6 is 11.3 Å². The summed E-state index contributed by atoms with van der Waals surface area (Å²) in [6.45, 7) is 8.66. The van der Waals surface area contributed by atoms with Crippen molar-refractivity contribution < 1.29 is 4.79 Å². The van der Waals surface area contributed by atoms with E-state index in [9.17, 15) is 4.79 Å². The van der Waals surface area contributed by atoms with Crippen molar-refractivity contribution in [1.29, 1.82) is 0 Å². The van der Waals surface area contributed by atoms with Gasteiger partial charge in [0, 0.05) is 24.2 Å². The van der Waals surface area contributed by atoms with Crippen molar-refractivity contribution in [3.8, 4) is 0 Å². The molecule has 0 spiro atoms.